The van der Waals surface area contributed by atoms with Gasteiger partial charge in [-0.05, 0) is 211 Å². The van der Waals surface area contributed by atoms with Crippen LogP contribution < -0.4 is 0 Å². The van der Waals surface area contributed by atoms with Crippen LogP contribution in [0.2, 0.25) is 0 Å². The third-order valence-corrected chi connectivity index (χ3v) is 17.0. The smallest absolute Gasteiger partial charge is 0.0674 e. The van der Waals surface area contributed by atoms with E-state index in [2.05, 4.69) is 123 Å². The maximum absolute atomic E-state index is 5.21. The lowest BCUT2D eigenvalue weighted by molar-refractivity contribution is 0.478. The van der Waals surface area contributed by atoms with Gasteiger partial charge in [-0.25, -0.2) is 0 Å². The minimum absolute atomic E-state index is 0.452. The van der Waals surface area contributed by atoms with Crippen molar-refractivity contribution in [3.63, 3.8) is 0 Å². The lowest BCUT2D eigenvalue weighted by Gasteiger charge is -2.30. The van der Waals surface area contributed by atoms with Gasteiger partial charge >= 0.3 is 0 Å². The molecule has 1 aliphatic rings. The van der Waals surface area contributed by atoms with Crippen molar-refractivity contribution < 1.29 is 0 Å². The topological polar surface area (TPSA) is 12.4 Å². The molecule has 0 fully saturated rings. The Morgan fingerprint density at radius 1 is 0.469 bits per heavy atom. The van der Waals surface area contributed by atoms with Crippen molar-refractivity contribution in [2.45, 2.75) is 165 Å². The summed E-state index contributed by atoms with van der Waals surface area (Å²) in [6.45, 7) is 21.7. The van der Waals surface area contributed by atoms with Crippen LogP contribution in [0.1, 0.15) is 166 Å². The Morgan fingerprint density at radius 3 is 1.86 bits per heavy atom. The van der Waals surface area contributed by atoms with Crippen LogP contribution in [0.4, 0.5) is 5.69 Å². The van der Waals surface area contributed by atoms with Gasteiger partial charge in [0.1, 0.15) is 0 Å². The third-order valence-electron chi connectivity index (χ3n) is 17.0. The van der Waals surface area contributed by atoms with Crippen molar-refractivity contribution in [1.82, 2.24) is 0 Å². The molecule has 0 spiro atoms. The Hall–Kier alpha value is -4.75. The Kier molecular flexibility index (Phi) is 10.7. The van der Waals surface area contributed by atoms with Gasteiger partial charge in [-0.2, -0.15) is 0 Å². The van der Waals surface area contributed by atoms with Crippen LogP contribution in [0.15, 0.2) is 59.6 Å². The fourth-order valence-corrected chi connectivity index (χ4v) is 13.1. The highest BCUT2D eigenvalue weighted by Gasteiger charge is 2.32. The highest BCUT2D eigenvalue weighted by Crippen LogP contribution is 2.59. The monoisotopic (exact) mass is 842 g/mol. The van der Waals surface area contributed by atoms with Gasteiger partial charge in [-0.1, -0.05) is 149 Å². The van der Waals surface area contributed by atoms with Crippen LogP contribution in [0.25, 0.3) is 97.0 Å². The molecule has 0 bridgehead atoms. The van der Waals surface area contributed by atoms with Crippen LogP contribution in [-0.2, 0) is 32.1 Å². The highest BCUT2D eigenvalue weighted by molar-refractivity contribution is 6.54. The lowest BCUT2D eigenvalue weighted by atomic mass is 9.72. The molecule has 0 amide bonds. The molecule has 1 aliphatic heterocycles. The van der Waals surface area contributed by atoms with E-state index in [0.29, 0.717) is 11.8 Å². The molecular formula is C63H71N. The summed E-state index contributed by atoms with van der Waals surface area (Å²) in [5.74, 6) is 2.65. The zero-order valence-corrected chi connectivity index (χ0v) is 40.6. The van der Waals surface area contributed by atoms with E-state index < -0.39 is 0 Å². The number of hydrogen-bond acceptors (Lipinski definition) is 1. The predicted molar refractivity (Wildman–Crippen MR) is 286 cm³/mol. The van der Waals surface area contributed by atoms with Gasteiger partial charge in [0.05, 0.1) is 5.69 Å². The number of fused-ring (bicyclic) bond motifs is 6. The number of nitrogens with zero attached hydrogens (tertiary/aromatic N) is 1. The largest absolute Gasteiger partial charge is 0.261 e. The molecule has 0 saturated heterocycles. The summed E-state index contributed by atoms with van der Waals surface area (Å²) in [6, 6.07) is 23.4. The number of aliphatic imine (C=N–C) groups is 1. The van der Waals surface area contributed by atoms with Gasteiger partial charge in [0.15, 0.2) is 0 Å². The van der Waals surface area contributed by atoms with E-state index in [1.807, 2.05) is 0 Å². The number of hydrogen-bond donors (Lipinski definition) is 0. The quantitative estimate of drug-likeness (QED) is 0.0464. The Morgan fingerprint density at radius 2 is 1.11 bits per heavy atom. The Labute approximate surface area is 382 Å². The second-order valence-corrected chi connectivity index (χ2v) is 21.5. The first-order valence-corrected chi connectivity index (χ1v) is 26.1. The molecule has 3 atom stereocenters. The zero-order chi connectivity index (χ0) is 44.1. The average molecular weight is 842 g/mol. The van der Waals surface area contributed by atoms with Crippen LogP contribution in [0, 0.1) is 17.8 Å². The van der Waals surface area contributed by atoms with E-state index in [-0.39, 0.29) is 0 Å². The summed E-state index contributed by atoms with van der Waals surface area (Å²) in [7, 11) is 0. The van der Waals surface area contributed by atoms with Crippen LogP contribution in [0.5, 0.6) is 0 Å². The van der Waals surface area contributed by atoms with Crippen molar-refractivity contribution in [1.29, 1.82) is 0 Å². The molecule has 1 nitrogen and oxygen atoms in total. The second-order valence-electron chi connectivity index (χ2n) is 21.5. The Balaban J connectivity index is 1.37. The van der Waals surface area contributed by atoms with E-state index in [9.17, 15) is 0 Å². The molecular weight excluding hydrogens is 771 g/mol. The van der Waals surface area contributed by atoms with Gasteiger partial charge in [0.25, 0.3) is 0 Å². The molecule has 10 aromatic carbocycles. The van der Waals surface area contributed by atoms with Gasteiger partial charge in [-0.15, -0.1) is 0 Å². The minimum Gasteiger partial charge on any atom is -0.261 e. The number of unbranched alkanes of at least 4 members (excludes halogenated alkanes) is 2. The molecule has 64 heavy (non-hydrogen) atoms. The molecule has 0 radical (unpaired) electrons. The SMILES string of the molecule is CCCC(C)c1c2cc(CCCCCC(C)CC)c3c4c(cc5c3c2c2c3c1cc(CC)c1cc(CCC(C)C)c6ccc7c8cc(CCC(C)CC)ccc8c5c2c7c6c13)N=CC4. The fourth-order valence-electron chi connectivity index (χ4n) is 13.1. The molecule has 1 heteroatoms. The number of rotatable bonds is 18. The lowest BCUT2D eigenvalue weighted by Crippen LogP contribution is -2.06. The van der Waals surface area contributed by atoms with Crippen molar-refractivity contribution in [3.8, 4) is 0 Å². The summed E-state index contributed by atoms with van der Waals surface area (Å²) in [4.78, 5) is 5.21. The highest BCUT2D eigenvalue weighted by atomic mass is 14.7. The number of aryl methyl sites for hydroxylation is 4. The van der Waals surface area contributed by atoms with Gasteiger partial charge in [0, 0.05) is 12.6 Å². The van der Waals surface area contributed by atoms with E-state index in [1.54, 1.807) is 32.7 Å². The maximum atomic E-state index is 5.21. The van der Waals surface area contributed by atoms with Crippen LogP contribution in [0.3, 0.4) is 0 Å². The predicted octanol–water partition coefficient (Wildman–Crippen LogP) is 19.3. The molecule has 0 aromatic heterocycles. The minimum atomic E-state index is 0.452. The molecule has 11 rings (SSSR count). The first-order valence-electron chi connectivity index (χ1n) is 26.1. The summed E-state index contributed by atoms with van der Waals surface area (Å²) in [5, 5.41) is 27.1. The van der Waals surface area contributed by atoms with Crippen molar-refractivity contribution in [2.24, 2.45) is 22.7 Å². The molecule has 10 aromatic rings. The first kappa shape index (κ1) is 41.9. The molecule has 0 aliphatic carbocycles. The van der Waals surface area contributed by atoms with Crippen molar-refractivity contribution in [3.05, 3.63) is 88.0 Å². The summed E-state index contributed by atoms with van der Waals surface area (Å²) in [5.41, 5.74) is 10.4. The van der Waals surface area contributed by atoms with E-state index in [1.165, 1.54) is 168 Å². The van der Waals surface area contributed by atoms with Gasteiger partial charge in [-0.3, -0.25) is 4.99 Å². The molecule has 0 saturated carbocycles. The summed E-state index contributed by atoms with van der Waals surface area (Å²) < 4.78 is 0. The maximum Gasteiger partial charge on any atom is 0.0674 e. The Bertz CT molecular complexity index is 3370. The van der Waals surface area contributed by atoms with Crippen LogP contribution >= 0.6 is 0 Å². The van der Waals surface area contributed by atoms with Crippen molar-refractivity contribution >= 4 is 109 Å². The summed E-state index contributed by atoms with van der Waals surface area (Å²) in [6.07, 6.45) is 20.1. The standard InChI is InChI=1S/C63H71N/c1-10-17-38(9)53-49-31-40(13-4)47-32-41(24-20-35(5)6)43-26-27-45-48-30-39(22-21-37(8)12-3)23-25-44(48)55-51-34-52-46(28-29-64-52)54-42(19-16-14-15-18-36(7)11-2)33-50(53)61(59(51)54)63-60(49)58(47)56(43)57(45)62(55)63/h23,25-27,29-38H,10-22,24,28H2,1-9H3. The van der Waals surface area contributed by atoms with E-state index in [4.69, 9.17) is 4.99 Å². The van der Waals surface area contributed by atoms with Gasteiger partial charge < -0.3 is 0 Å². The third kappa shape index (κ3) is 6.25. The fraction of sp³-hybridized carbons (Fsp3) is 0.444. The normalized spacial score (nSPS) is 15.0. The van der Waals surface area contributed by atoms with Gasteiger partial charge in [0.2, 0.25) is 0 Å². The van der Waals surface area contributed by atoms with Crippen molar-refractivity contribution in [2.75, 3.05) is 0 Å². The zero-order valence-electron chi connectivity index (χ0n) is 40.6. The average Bonchev–Trinajstić information content (AvgIpc) is 3.78. The molecule has 0 N–H and O–H groups in total. The van der Waals surface area contributed by atoms with E-state index >= 15 is 0 Å². The number of benzene rings is 10. The molecule has 1 heterocycles. The summed E-state index contributed by atoms with van der Waals surface area (Å²) >= 11 is 0. The molecule has 3 unspecified atom stereocenters. The second kappa shape index (κ2) is 16.3. The van der Waals surface area contributed by atoms with E-state index in [0.717, 1.165) is 43.9 Å². The van der Waals surface area contributed by atoms with Crippen LogP contribution in [-0.4, -0.2) is 6.21 Å². The molecule has 328 valence electrons. The first-order chi connectivity index (χ1) is 31.2.